The van der Waals surface area contributed by atoms with Crippen LogP contribution < -0.4 is 5.48 Å². The molecule has 0 bridgehead atoms. The van der Waals surface area contributed by atoms with Crippen LogP contribution in [0.3, 0.4) is 0 Å². The first-order chi connectivity index (χ1) is 6.20. The van der Waals surface area contributed by atoms with Gasteiger partial charge in [0.2, 0.25) is 0 Å². The van der Waals surface area contributed by atoms with Crippen molar-refractivity contribution in [2.24, 2.45) is 0 Å². The lowest BCUT2D eigenvalue weighted by atomic mass is 10.2. The Morgan fingerprint density at radius 3 is 2.62 bits per heavy atom. The Morgan fingerprint density at radius 2 is 2.00 bits per heavy atom. The van der Waals surface area contributed by atoms with Crippen LogP contribution >= 0.6 is 0 Å². The number of alkyl halides is 2. The second kappa shape index (κ2) is 4.84. The molecule has 0 saturated heterocycles. The smallest absolute Gasteiger partial charge is 0.234 e. The summed E-state index contributed by atoms with van der Waals surface area (Å²) in [4.78, 5) is 3.75. The van der Waals surface area contributed by atoms with E-state index in [0.717, 1.165) is 0 Å². The zero-order valence-electron chi connectivity index (χ0n) is 6.64. The minimum atomic E-state index is -2.90. The molecule has 0 spiro atoms. The van der Waals surface area contributed by atoms with Gasteiger partial charge in [0.15, 0.2) is 0 Å². The number of benzene rings is 1. The fourth-order valence-corrected chi connectivity index (χ4v) is 0.824. The lowest BCUT2D eigenvalue weighted by Crippen LogP contribution is -2.18. The van der Waals surface area contributed by atoms with Crippen LogP contribution in [0, 0.1) is 5.82 Å². The van der Waals surface area contributed by atoms with E-state index in [1.165, 1.54) is 18.2 Å². The first kappa shape index (κ1) is 10.0. The van der Waals surface area contributed by atoms with Gasteiger partial charge in [0.25, 0.3) is 0 Å². The van der Waals surface area contributed by atoms with E-state index in [2.05, 4.69) is 4.84 Å². The second-order valence-electron chi connectivity index (χ2n) is 2.29. The Balaban J connectivity index is 2.41. The zero-order valence-corrected chi connectivity index (χ0v) is 6.64. The maximum Gasteiger partial charge on any atom is 0.360 e. The molecule has 0 heterocycles. The third-order valence-corrected chi connectivity index (χ3v) is 1.39. The van der Waals surface area contributed by atoms with Crippen molar-refractivity contribution in [1.82, 2.24) is 5.48 Å². The zero-order chi connectivity index (χ0) is 9.68. The average Bonchev–Trinajstić information content (AvgIpc) is 2.08. The molecule has 13 heavy (non-hydrogen) atoms. The van der Waals surface area contributed by atoms with Gasteiger partial charge in [-0.05, 0) is 6.07 Å². The first-order valence-corrected chi connectivity index (χ1v) is 3.60. The van der Waals surface area contributed by atoms with Gasteiger partial charge in [-0.2, -0.15) is 14.3 Å². The monoisotopic (exact) mass is 191 g/mol. The number of nitrogens with one attached hydrogen (secondary N) is 1. The van der Waals surface area contributed by atoms with Gasteiger partial charge in [-0.25, -0.2) is 9.23 Å². The van der Waals surface area contributed by atoms with E-state index in [0.29, 0.717) is 0 Å². The van der Waals surface area contributed by atoms with Gasteiger partial charge in [0.05, 0.1) is 0 Å². The van der Waals surface area contributed by atoms with Crippen molar-refractivity contribution in [2.75, 3.05) is 0 Å². The topological polar surface area (TPSA) is 21.3 Å². The largest absolute Gasteiger partial charge is 0.360 e. The third kappa shape index (κ3) is 3.43. The molecular formula is C8H8F3NO. The van der Waals surface area contributed by atoms with Crippen molar-refractivity contribution in [1.29, 1.82) is 0 Å². The van der Waals surface area contributed by atoms with E-state index in [9.17, 15) is 13.2 Å². The minimum absolute atomic E-state index is 0.0863. The van der Waals surface area contributed by atoms with Gasteiger partial charge in [0.1, 0.15) is 5.82 Å². The lowest BCUT2D eigenvalue weighted by Gasteiger charge is -2.04. The maximum absolute atomic E-state index is 12.8. The molecule has 1 aromatic rings. The van der Waals surface area contributed by atoms with E-state index >= 15 is 0 Å². The number of hydrogen-bond acceptors (Lipinski definition) is 2. The highest BCUT2D eigenvalue weighted by molar-refractivity contribution is 5.16. The van der Waals surface area contributed by atoms with Crippen molar-refractivity contribution in [3.05, 3.63) is 35.6 Å². The van der Waals surface area contributed by atoms with E-state index in [4.69, 9.17) is 0 Å². The average molecular weight is 191 g/mol. The van der Waals surface area contributed by atoms with Crippen molar-refractivity contribution in [3.63, 3.8) is 0 Å². The second-order valence-corrected chi connectivity index (χ2v) is 2.29. The van der Waals surface area contributed by atoms with Crippen LogP contribution in [0.4, 0.5) is 13.2 Å². The van der Waals surface area contributed by atoms with Crippen molar-refractivity contribution in [3.8, 4) is 0 Å². The van der Waals surface area contributed by atoms with Gasteiger partial charge in [-0.1, -0.05) is 18.2 Å². The first-order valence-electron chi connectivity index (χ1n) is 3.60. The molecule has 1 aromatic carbocycles. The minimum Gasteiger partial charge on any atom is -0.234 e. The molecule has 72 valence electrons. The van der Waals surface area contributed by atoms with E-state index in [1.807, 2.05) is 5.48 Å². The lowest BCUT2D eigenvalue weighted by molar-refractivity contribution is -0.175. The SMILES string of the molecule is Fc1ccccc1CNOC(F)F. The van der Waals surface area contributed by atoms with Gasteiger partial charge in [0, 0.05) is 12.1 Å². The summed E-state index contributed by atoms with van der Waals surface area (Å²) >= 11 is 0. The Kier molecular flexibility index (Phi) is 3.72. The Bertz CT molecular complexity index is 267. The highest BCUT2D eigenvalue weighted by atomic mass is 19.3. The molecule has 0 fully saturated rings. The van der Waals surface area contributed by atoms with Crippen LogP contribution in [0.2, 0.25) is 0 Å². The van der Waals surface area contributed by atoms with E-state index in [1.54, 1.807) is 6.07 Å². The predicted octanol–water partition coefficient (Wildman–Crippen LogP) is 2.07. The maximum atomic E-state index is 12.8. The third-order valence-electron chi connectivity index (χ3n) is 1.39. The predicted molar refractivity (Wildman–Crippen MR) is 40.3 cm³/mol. The van der Waals surface area contributed by atoms with Crippen LogP contribution in [-0.4, -0.2) is 6.61 Å². The summed E-state index contributed by atoms with van der Waals surface area (Å²) in [7, 11) is 0. The van der Waals surface area contributed by atoms with Gasteiger partial charge in [-0.15, -0.1) is 0 Å². The molecule has 0 aliphatic carbocycles. The number of rotatable bonds is 4. The highest BCUT2D eigenvalue weighted by Crippen LogP contribution is 2.05. The number of hydroxylamine groups is 1. The summed E-state index contributed by atoms with van der Waals surface area (Å²) in [5.41, 5.74) is 2.23. The molecule has 0 aliphatic heterocycles. The number of halogens is 3. The fourth-order valence-electron chi connectivity index (χ4n) is 0.824. The molecule has 0 aromatic heterocycles. The summed E-state index contributed by atoms with van der Waals surface area (Å²) in [6.45, 7) is -2.98. The van der Waals surface area contributed by atoms with E-state index < -0.39 is 12.4 Å². The van der Waals surface area contributed by atoms with Gasteiger partial charge >= 0.3 is 6.61 Å². The number of hydrogen-bond donors (Lipinski definition) is 1. The summed E-state index contributed by atoms with van der Waals surface area (Å²) in [5.74, 6) is -0.451. The van der Waals surface area contributed by atoms with Crippen LogP contribution in [0.1, 0.15) is 5.56 Å². The van der Waals surface area contributed by atoms with Crippen LogP contribution in [0.25, 0.3) is 0 Å². The highest BCUT2D eigenvalue weighted by Gasteiger charge is 2.03. The van der Waals surface area contributed by atoms with Gasteiger partial charge in [-0.3, -0.25) is 0 Å². The molecule has 0 unspecified atom stereocenters. The standard InChI is InChI=1S/C8H8F3NO/c9-7-4-2-1-3-6(7)5-12-13-8(10)11/h1-4,8,12H,5H2. The molecule has 1 N–H and O–H groups in total. The quantitative estimate of drug-likeness (QED) is 0.735. The molecule has 5 heteroatoms. The normalized spacial score (nSPS) is 10.8. The van der Waals surface area contributed by atoms with Crippen molar-refractivity contribution >= 4 is 0 Å². The summed E-state index contributed by atoms with van der Waals surface area (Å²) in [5, 5.41) is 0. The van der Waals surface area contributed by atoms with Crippen LogP contribution in [0.5, 0.6) is 0 Å². The molecule has 2 nitrogen and oxygen atoms in total. The molecule has 1 rings (SSSR count). The Hall–Kier alpha value is -1.07. The van der Waals surface area contributed by atoms with Crippen molar-refractivity contribution in [2.45, 2.75) is 13.2 Å². The van der Waals surface area contributed by atoms with Gasteiger partial charge < -0.3 is 0 Å². The Labute approximate surface area is 73.3 Å². The van der Waals surface area contributed by atoms with Crippen LogP contribution in [-0.2, 0) is 11.4 Å². The molecular weight excluding hydrogens is 183 g/mol. The molecule has 0 amide bonds. The Morgan fingerprint density at radius 1 is 1.31 bits per heavy atom. The molecule has 0 saturated carbocycles. The van der Waals surface area contributed by atoms with Crippen molar-refractivity contribution < 1.29 is 18.0 Å². The summed E-state index contributed by atoms with van der Waals surface area (Å²) in [6.07, 6.45) is 0. The van der Waals surface area contributed by atoms with Crippen LogP contribution in [0.15, 0.2) is 24.3 Å². The fraction of sp³-hybridized carbons (Fsp3) is 0.250. The molecule has 0 atom stereocenters. The summed E-state index contributed by atoms with van der Waals surface area (Å²) in [6, 6.07) is 5.87. The molecule has 0 aliphatic rings. The van der Waals surface area contributed by atoms with E-state index in [-0.39, 0.29) is 12.1 Å². The molecule has 0 radical (unpaired) electrons. The summed E-state index contributed by atoms with van der Waals surface area (Å²) < 4.78 is 35.8.